The van der Waals surface area contributed by atoms with E-state index in [4.69, 9.17) is 4.74 Å². The molecule has 6 heteroatoms. The van der Waals surface area contributed by atoms with Crippen LogP contribution in [0.5, 0.6) is 0 Å². The maximum Gasteiger partial charge on any atom is 0.251 e. The van der Waals surface area contributed by atoms with Gasteiger partial charge in [0.15, 0.2) is 0 Å². The molecule has 1 aliphatic carbocycles. The van der Waals surface area contributed by atoms with Gasteiger partial charge in [0.05, 0.1) is 0 Å². The van der Waals surface area contributed by atoms with Crippen LogP contribution in [0.4, 0.5) is 10.1 Å². The molecule has 2 N–H and O–H groups in total. The van der Waals surface area contributed by atoms with Crippen LogP contribution < -0.4 is 10.6 Å². The van der Waals surface area contributed by atoms with E-state index in [1.54, 1.807) is 36.4 Å². The van der Waals surface area contributed by atoms with Gasteiger partial charge in [0.25, 0.3) is 5.91 Å². The van der Waals surface area contributed by atoms with Crippen molar-refractivity contribution in [3.63, 3.8) is 0 Å². The van der Waals surface area contributed by atoms with E-state index < -0.39 is 0 Å². The normalized spacial score (nSPS) is 22.2. The van der Waals surface area contributed by atoms with Crippen LogP contribution in [0.2, 0.25) is 0 Å². The first-order valence-corrected chi connectivity index (χ1v) is 10.5. The van der Waals surface area contributed by atoms with Crippen molar-refractivity contribution >= 4 is 17.5 Å². The highest BCUT2D eigenvalue weighted by molar-refractivity contribution is 5.98. The number of ether oxygens (including phenoxy) is 1. The molecule has 158 valence electrons. The third-order valence-electron chi connectivity index (χ3n) is 6.33. The number of halogens is 1. The maximum absolute atomic E-state index is 13.4. The minimum atomic E-state index is -0.282. The molecule has 1 saturated carbocycles. The van der Waals surface area contributed by atoms with E-state index in [1.165, 1.54) is 12.1 Å². The van der Waals surface area contributed by atoms with Crippen LogP contribution >= 0.6 is 0 Å². The summed E-state index contributed by atoms with van der Waals surface area (Å²) >= 11 is 0. The predicted molar refractivity (Wildman–Crippen MR) is 113 cm³/mol. The predicted octanol–water partition coefficient (Wildman–Crippen LogP) is 3.90. The zero-order valence-corrected chi connectivity index (χ0v) is 17.1. The molecule has 2 amide bonds. The summed E-state index contributed by atoms with van der Waals surface area (Å²) in [5, 5.41) is 5.95. The standard InChI is InChI=1S/C24H27FN2O3/c1-16-13-21(16)23(29)27-20-4-2-3-17(14-20)22(28)26-15-24(9-11-30-12-10-24)18-5-7-19(25)8-6-18/h2-8,14,16,21H,9-13,15H2,1H3,(H,26,28)(H,27,29). The minimum absolute atomic E-state index is 0.0116. The monoisotopic (exact) mass is 410 g/mol. The summed E-state index contributed by atoms with van der Waals surface area (Å²) in [6.45, 7) is 3.71. The van der Waals surface area contributed by atoms with Gasteiger partial charge in [-0.1, -0.05) is 25.1 Å². The lowest BCUT2D eigenvalue weighted by Gasteiger charge is -2.38. The molecule has 0 spiro atoms. The number of carbonyl (C=O) groups is 2. The van der Waals surface area contributed by atoms with Crippen LogP contribution in [0.25, 0.3) is 0 Å². The summed E-state index contributed by atoms with van der Waals surface area (Å²) in [4.78, 5) is 25.0. The second-order valence-electron chi connectivity index (χ2n) is 8.47. The first-order valence-electron chi connectivity index (χ1n) is 10.5. The molecular formula is C24H27FN2O3. The lowest BCUT2D eigenvalue weighted by Crippen LogP contribution is -2.44. The SMILES string of the molecule is CC1CC1C(=O)Nc1cccc(C(=O)NCC2(c3ccc(F)cc3)CCOCC2)c1. The van der Waals surface area contributed by atoms with Gasteiger partial charge < -0.3 is 15.4 Å². The maximum atomic E-state index is 13.4. The Balaban J connectivity index is 1.44. The third kappa shape index (κ3) is 4.54. The molecule has 0 aromatic heterocycles. The van der Waals surface area contributed by atoms with Gasteiger partial charge in [-0.05, 0) is 61.1 Å². The van der Waals surface area contributed by atoms with Crippen molar-refractivity contribution in [2.45, 2.75) is 31.6 Å². The molecular weight excluding hydrogens is 383 g/mol. The molecule has 2 aliphatic rings. The number of hydrogen-bond donors (Lipinski definition) is 2. The molecule has 1 aliphatic heterocycles. The Morgan fingerprint density at radius 1 is 1.13 bits per heavy atom. The van der Waals surface area contributed by atoms with Gasteiger partial charge in [-0.25, -0.2) is 4.39 Å². The van der Waals surface area contributed by atoms with Crippen LogP contribution in [0.15, 0.2) is 48.5 Å². The zero-order valence-electron chi connectivity index (χ0n) is 17.1. The average Bonchev–Trinajstić information content (AvgIpc) is 3.50. The van der Waals surface area contributed by atoms with Crippen LogP contribution in [0, 0.1) is 17.7 Å². The molecule has 4 rings (SSSR count). The summed E-state index contributed by atoms with van der Waals surface area (Å²) in [6.07, 6.45) is 2.43. The summed E-state index contributed by atoms with van der Waals surface area (Å²) < 4.78 is 18.9. The Hall–Kier alpha value is -2.73. The van der Waals surface area contributed by atoms with Crippen molar-refractivity contribution in [3.05, 3.63) is 65.5 Å². The molecule has 0 radical (unpaired) electrons. The summed E-state index contributed by atoms with van der Waals surface area (Å²) in [6, 6.07) is 13.5. The van der Waals surface area contributed by atoms with Crippen LogP contribution in [-0.2, 0) is 14.9 Å². The first kappa shape index (κ1) is 20.5. The van der Waals surface area contributed by atoms with Crippen molar-refractivity contribution in [2.24, 2.45) is 11.8 Å². The molecule has 1 saturated heterocycles. The Kier molecular flexibility index (Phi) is 5.86. The fraction of sp³-hybridized carbons (Fsp3) is 0.417. The van der Waals surface area contributed by atoms with E-state index in [9.17, 15) is 14.0 Å². The number of rotatable bonds is 6. The van der Waals surface area contributed by atoms with E-state index >= 15 is 0 Å². The van der Waals surface area contributed by atoms with Gasteiger partial charge in [-0.2, -0.15) is 0 Å². The number of anilines is 1. The fourth-order valence-corrected chi connectivity index (χ4v) is 4.15. The molecule has 2 aromatic carbocycles. The topological polar surface area (TPSA) is 67.4 Å². The minimum Gasteiger partial charge on any atom is -0.381 e. The molecule has 30 heavy (non-hydrogen) atoms. The summed E-state index contributed by atoms with van der Waals surface area (Å²) in [5.74, 6) is 0.0472. The average molecular weight is 410 g/mol. The van der Waals surface area contributed by atoms with Crippen LogP contribution in [-0.4, -0.2) is 31.6 Å². The van der Waals surface area contributed by atoms with E-state index in [2.05, 4.69) is 17.6 Å². The van der Waals surface area contributed by atoms with Crippen LogP contribution in [0.3, 0.4) is 0 Å². The molecule has 2 fully saturated rings. The zero-order chi connectivity index (χ0) is 21.1. The summed E-state index contributed by atoms with van der Waals surface area (Å²) in [5.41, 5.74) is 1.85. The van der Waals surface area contributed by atoms with E-state index in [1.807, 2.05) is 0 Å². The van der Waals surface area contributed by atoms with Crippen molar-refractivity contribution in [2.75, 3.05) is 25.1 Å². The number of hydrogen-bond acceptors (Lipinski definition) is 3. The van der Waals surface area contributed by atoms with Gasteiger partial charge in [0, 0.05) is 42.3 Å². The highest BCUT2D eigenvalue weighted by atomic mass is 19.1. The molecule has 2 aromatic rings. The van der Waals surface area contributed by atoms with E-state index in [0.717, 1.165) is 24.8 Å². The number of nitrogens with one attached hydrogen (secondary N) is 2. The van der Waals surface area contributed by atoms with Crippen molar-refractivity contribution in [3.8, 4) is 0 Å². The number of benzene rings is 2. The Bertz CT molecular complexity index is 922. The molecule has 2 unspecified atom stereocenters. The van der Waals surface area contributed by atoms with Gasteiger partial charge >= 0.3 is 0 Å². The lowest BCUT2D eigenvalue weighted by atomic mass is 9.74. The second kappa shape index (κ2) is 8.56. The summed E-state index contributed by atoms with van der Waals surface area (Å²) in [7, 11) is 0. The second-order valence-corrected chi connectivity index (χ2v) is 8.47. The van der Waals surface area contributed by atoms with Gasteiger partial charge in [-0.15, -0.1) is 0 Å². The third-order valence-corrected chi connectivity index (χ3v) is 6.33. The molecule has 2 atom stereocenters. The van der Waals surface area contributed by atoms with Crippen LogP contribution in [0.1, 0.15) is 42.1 Å². The molecule has 5 nitrogen and oxygen atoms in total. The fourth-order valence-electron chi connectivity index (χ4n) is 4.15. The molecule has 0 bridgehead atoms. The van der Waals surface area contributed by atoms with Gasteiger partial charge in [0.2, 0.25) is 5.91 Å². The largest absolute Gasteiger partial charge is 0.381 e. The molecule has 1 heterocycles. The van der Waals surface area contributed by atoms with Gasteiger partial charge in [0.1, 0.15) is 5.82 Å². The van der Waals surface area contributed by atoms with Crippen molar-refractivity contribution in [1.82, 2.24) is 5.32 Å². The number of amides is 2. The Morgan fingerprint density at radius 3 is 2.50 bits per heavy atom. The van der Waals surface area contributed by atoms with Gasteiger partial charge in [-0.3, -0.25) is 9.59 Å². The highest BCUT2D eigenvalue weighted by Gasteiger charge is 2.39. The van der Waals surface area contributed by atoms with E-state index in [0.29, 0.717) is 36.9 Å². The first-order chi connectivity index (χ1) is 14.5. The Morgan fingerprint density at radius 2 is 1.83 bits per heavy atom. The van der Waals surface area contributed by atoms with Crippen molar-refractivity contribution in [1.29, 1.82) is 0 Å². The number of carbonyl (C=O) groups excluding carboxylic acids is 2. The quantitative estimate of drug-likeness (QED) is 0.759. The highest BCUT2D eigenvalue weighted by Crippen LogP contribution is 2.38. The lowest BCUT2D eigenvalue weighted by molar-refractivity contribution is -0.117. The van der Waals surface area contributed by atoms with E-state index in [-0.39, 0.29) is 29.0 Å². The smallest absolute Gasteiger partial charge is 0.251 e. The Labute approximate surface area is 176 Å². The van der Waals surface area contributed by atoms with Crippen molar-refractivity contribution < 1.29 is 18.7 Å².